The highest BCUT2D eigenvalue weighted by Crippen LogP contribution is 2.23. The van der Waals surface area contributed by atoms with Crippen LogP contribution in [-0.4, -0.2) is 5.11 Å². The lowest BCUT2D eigenvalue weighted by Crippen LogP contribution is -2.00. The van der Waals surface area contributed by atoms with Gasteiger partial charge in [-0.3, -0.25) is 0 Å². The molecule has 0 spiro atoms. The van der Waals surface area contributed by atoms with Crippen molar-refractivity contribution in [1.82, 2.24) is 0 Å². The molecule has 0 bridgehead atoms. The van der Waals surface area contributed by atoms with Gasteiger partial charge in [0.05, 0.1) is 6.10 Å². The number of hydrogen-bond donors (Lipinski definition) is 1. The fourth-order valence-corrected chi connectivity index (χ4v) is 2.29. The lowest BCUT2D eigenvalue weighted by Gasteiger charge is -2.13. The van der Waals surface area contributed by atoms with E-state index in [2.05, 4.69) is 6.92 Å². The highest BCUT2D eigenvalue weighted by atomic mass is 19.1. The second kappa shape index (κ2) is 8.25. The molecule has 1 N–H and O–H groups in total. The van der Waals surface area contributed by atoms with Gasteiger partial charge in [-0.1, -0.05) is 51.5 Å². The number of unbranched alkanes of at least 4 members (excludes halogenated alkanes) is 5. The van der Waals surface area contributed by atoms with Crippen LogP contribution in [0.3, 0.4) is 0 Å². The molecule has 0 heterocycles. The van der Waals surface area contributed by atoms with Gasteiger partial charge in [-0.05, 0) is 36.6 Å². The van der Waals surface area contributed by atoms with Gasteiger partial charge in [-0.2, -0.15) is 0 Å². The number of benzene rings is 1. The van der Waals surface area contributed by atoms with Gasteiger partial charge in [0.25, 0.3) is 0 Å². The number of aliphatic hydroxyl groups excluding tert-OH is 1. The highest BCUT2D eigenvalue weighted by Gasteiger charge is 2.10. The number of hydrogen-bond acceptors (Lipinski definition) is 1. The standard InChI is InChI=1S/C16H25FO/c1-3-4-5-6-7-8-9-16(18)15-11-10-14(17)12-13(15)2/h10-12,16,18H,3-9H2,1-2H3. The molecule has 102 valence electrons. The van der Waals surface area contributed by atoms with Gasteiger partial charge in [0, 0.05) is 0 Å². The maximum absolute atomic E-state index is 13.0. The third-order valence-electron chi connectivity index (χ3n) is 3.42. The molecule has 0 aromatic heterocycles. The van der Waals surface area contributed by atoms with Gasteiger partial charge in [-0.15, -0.1) is 0 Å². The van der Waals surface area contributed by atoms with Crippen LogP contribution in [0, 0.1) is 12.7 Å². The maximum Gasteiger partial charge on any atom is 0.123 e. The molecular formula is C16H25FO. The first-order valence-electron chi connectivity index (χ1n) is 7.09. The van der Waals surface area contributed by atoms with Crippen molar-refractivity contribution in [2.75, 3.05) is 0 Å². The second-order valence-corrected chi connectivity index (χ2v) is 5.07. The smallest absolute Gasteiger partial charge is 0.123 e. The fraction of sp³-hybridized carbons (Fsp3) is 0.625. The molecule has 0 saturated carbocycles. The molecular weight excluding hydrogens is 227 g/mol. The molecule has 0 radical (unpaired) electrons. The topological polar surface area (TPSA) is 20.2 Å². The number of rotatable bonds is 8. The molecule has 1 aromatic rings. The van der Waals surface area contributed by atoms with Gasteiger partial charge in [-0.25, -0.2) is 4.39 Å². The summed E-state index contributed by atoms with van der Waals surface area (Å²) in [6, 6.07) is 4.61. The Bertz CT molecular complexity index is 349. The van der Waals surface area contributed by atoms with Crippen LogP contribution < -0.4 is 0 Å². The average Bonchev–Trinajstić information content (AvgIpc) is 2.33. The molecule has 18 heavy (non-hydrogen) atoms. The third-order valence-corrected chi connectivity index (χ3v) is 3.42. The summed E-state index contributed by atoms with van der Waals surface area (Å²) in [5, 5.41) is 10.1. The van der Waals surface area contributed by atoms with E-state index in [1.807, 2.05) is 6.92 Å². The molecule has 1 rings (SSSR count). The Balaban J connectivity index is 2.29. The van der Waals surface area contributed by atoms with Crippen LogP contribution in [0.15, 0.2) is 18.2 Å². The zero-order valence-electron chi connectivity index (χ0n) is 11.6. The van der Waals surface area contributed by atoms with Crippen LogP contribution in [0.2, 0.25) is 0 Å². The van der Waals surface area contributed by atoms with Crippen LogP contribution in [0.4, 0.5) is 4.39 Å². The monoisotopic (exact) mass is 252 g/mol. The zero-order valence-corrected chi connectivity index (χ0v) is 11.6. The number of aryl methyl sites for hydroxylation is 1. The summed E-state index contributed by atoms with van der Waals surface area (Å²) in [5.41, 5.74) is 1.71. The first-order chi connectivity index (χ1) is 8.65. The highest BCUT2D eigenvalue weighted by molar-refractivity contribution is 5.28. The van der Waals surface area contributed by atoms with Gasteiger partial charge in [0.2, 0.25) is 0 Å². The second-order valence-electron chi connectivity index (χ2n) is 5.07. The molecule has 2 heteroatoms. The summed E-state index contributed by atoms with van der Waals surface area (Å²) in [6.07, 6.45) is 7.66. The lowest BCUT2D eigenvalue weighted by molar-refractivity contribution is 0.162. The van der Waals surface area contributed by atoms with E-state index in [-0.39, 0.29) is 5.82 Å². The first kappa shape index (κ1) is 15.2. The zero-order chi connectivity index (χ0) is 13.4. The van der Waals surface area contributed by atoms with Crippen LogP contribution in [0.5, 0.6) is 0 Å². The normalized spacial score (nSPS) is 12.7. The van der Waals surface area contributed by atoms with E-state index in [1.54, 1.807) is 6.07 Å². The molecule has 0 amide bonds. The molecule has 1 nitrogen and oxygen atoms in total. The summed E-state index contributed by atoms with van der Waals surface area (Å²) >= 11 is 0. The van der Waals surface area contributed by atoms with E-state index in [9.17, 15) is 9.50 Å². The predicted molar refractivity (Wildman–Crippen MR) is 74.1 cm³/mol. The minimum absolute atomic E-state index is 0.233. The largest absolute Gasteiger partial charge is 0.388 e. The van der Waals surface area contributed by atoms with E-state index in [0.29, 0.717) is 0 Å². The molecule has 0 aliphatic heterocycles. The Labute approximate surface area is 110 Å². The Morgan fingerprint density at radius 1 is 1.11 bits per heavy atom. The minimum Gasteiger partial charge on any atom is -0.388 e. The lowest BCUT2D eigenvalue weighted by atomic mass is 9.98. The summed E-state index contributed by atoms with van der Waals surface area (Å²) < 4.78 is 13.0. The van der Waals surface area contributed by atoms with Crippen molar-refractivity contribution in [2.24, 2.45) is 0 Å². The SMILES string of the molecule is CCCCCCCCC(O)c1ccc(F)cc1C. The molecule has 1 aromatic carbocycles. The molecule has 1 atom stereocenters. The van der Waals surface area contributed by atoms with Gasteiger partial charge in [0.15, 0.2) is 0 Å². The minimum atomic E-state index is -0.447. The van der Waals surface area contributed by atoms with E-state index in [0.717, 1.165) is 24.0 Å². The maximum atomic E-state index is 13.0. The van der Waals surface area contributed by atoms with Crippen LogP contribution >= 0.6 is 0 Å². The molecule has 0 aliphatic carbocycles. The van der Waals surface area contributed by atoms with E-state index >= 15 is 0 Å². The fourth-order valence-electron chi connectivity index (χ4n) is 2.29. The van der Waals surface area contributed by atoms with Gasteiger partial charge >= 0.3 is 0 Å². The quantitative estimate of drug-likeness (QED) is 0.651. The van der Waals surface area contributed by atoms with Crippen molar-refractivity contribution >= 4 is 0 Å². The summed E-state index contributed by atoms with van der Waals surface area (Å²) in [6.45, 7) is 4.06. The molecule has 1 unspecified atom stereocenters. The predicted octanol–water partition coefficient (Wildman–Crippen LogP) is 4.92. The first-order valence-corrected chi connectivity index (χ1v) is 7.09. The van der Waals surface area contributed by atoms with Crippen molar-refractivity contribution < 1.29 is 9.50 Å². The van der Waals surface area contributed by atoms with Crippen molar-refractivity contribution in [2.45, 2.75) is 64.9 Å². The van der Waals surface area contributed by atoms with E-state index < -0.39 is 6.10 Å². The summed E-state index contributed by atoms with van der Waals surface area (Å²) in [5.74, 6) is -0.233. The van der Waals surface area contributed by atoms with Crippen molar-refractivity contribution in [3.63, 3.8) is 0 Å². The Hall–Kier alpha value is -0.890. The molecule has 0 fully saturated rings. The van der Waals surface area contributed by atoms with Crippen LogP contribution in [-0.2, 0) is 0 Å². The molecule has 0 aliphatic rings. The van der Waals surface area contributed by atoms with Gasteiger partial charge in [0.1, 0.15) is 5.82 Å². The number of aliphatic hydroxyl groups is 1. The van der Waals surface area contributed by atoms with E-state index in [1.165, 1.54) is 44.2 Å². The van der Waals surface area contributed by atoms with Crippen molar-refractivity contribution in [1.29, 1.82) is 0 Å². The molecule has 0 saturated heterocycles. The Morgan fingerprint density at radius 3 is 2.44 bits per heavy atom. The summed E-state index contributed by atoms with van der Waals surface area (Å²) in [4.78, 5) is 0. The Morgan fingerprint density at radius 2 is 1.78 bits per heavy atom. The summed E-state index contributed by atoms with van der Waals surface area (Å²) in [7, 11) is 0. The van der Waals surface area contributed by atoms with Crippen molar-refractivity contribution in [3.05, 3.63) is 35.1 Å². The Kier molecular flexibility index (Phi) is 6.96. The van der Waals surface area contributed by atoms with E-state index in [4.69, 9.17) is 0 Å². The van der Waals surface area contributed by atoms with Crippen LogP contribution in [0.1, 0.15) is 69.1 Å². The van der Waals surface area contributed by atoms with Crippen LogP contribution in [0.25, 0.3) is 0 Å². The third kappa shape index (κ3) is 5.18. The number of halogens is 1. The van der Waals surface area contributed by atoms with Gasteiger partial charge < -0.3 is 5.11 Å². The average molecular weight is 252 g/mol. The van der Waals surface area contributed by atoms with Crippen molar-refractivity contribution in [3.8, 4) is 0 Å².